The van der Waals surface area contributed by atoms with Crippen molar-refractivity contribution in [2.45, 2.75) is 64.9 Å². The van der Waals surface area contributed by atoms with Crippen LogP contribution in [0.4, 0.5) is 0 Å². The molecule has 10 nitrogen and oxygen atoms in total. The van der Waals surface area contributed by atoms with Gasteiger partial charge in [-0.3, -0.25) is 4.79 Å². The Labute approximate surface area is 182 Å². The number of azide groups is 1. The molecule has 5 atom stereocenters. The Hall–Kier alpha value is -2.36. The molecule has 31 heavy (non-hydrogen) atoms. The topological polar surface area (TPSA) is 132 Å². The van der Waals surface area contributed by atoms with Gasteiger partial charge in [0.1, 0.15) is 24.6 Å². The van der Waals surface area contributed by atoms with Gasteiger partial charge in [-0.25, -0.2) is 0 Å². The summed E-state index contributed by atoms with van der Waals surface area (Å²) in [6.45, 7) is 7.24. The number of aliphatic hydroxyl groups is 1. The number of hydrogen-bond acceptors (Lipinski definition) is 8. The van der Waals surface area contributed by atoms with Crippen LogP contribution in [-0.4, -0.2) is 62.0 Å². The minimum atomic E-state index is -1.37. The van der Waals surface area contributed by atoms with Gasteiger partial charge < -0.3 is 28.8 Å². The van der Waals surface area contributed by atoms with Crippen LogP contribution in [0.3, 0.4) is 0 Å². The van der Waals surface area contributed by atoms with E-state index in [9.17, 15) is 9.90 Å². The van der Waals surface area contributed by atoms with Gasteiger partial charge in [0.25, 0.3) is 0 Å². The average molecular weight is 437 g/mol. The van der Waals surface area contributed by atoms with Crippen LogP contribution >= 0.6 is 0 Å². The van der Waals surface area contributed by atoms with Crippen LogP contribution < -0.4 is 4.74 Å². The molecule has 1 N–H and O–H groups in total. The zero-order valence-electron chi connectivity index (χ0n) is 18.6. The number of benzene rings is 1. The summed E-state index contributed by atoms with van der Waals surface area (Å²) >= 11 is 0. The third kappa shape index (κ3) is 6.81. The summed E-state index contributed by atoms with van der Waals surface area (Å²) in [6.07, 6.45) is -3.96. The van der Waals surface area contributed by atoms with Gasteiger partial charge >= 0.3 is 5.97 Å². The number of nitrogens with zero attached hydrogens (tertiary/aromatic N) is 3. The molecule has 2 rings (SSSR count). The van der Waals surface area contributed by atoms with Crippen molar-refractivity contribution in [2.75, 3.05) is 20.3 Å². The van der Waals surface area contributed by atoms with E-state index in [-0.39, 0.29) is 19.8 Å². The van der Waals surface area contributed by atoms with Crippen LogP contribution in [0.2, 0.25) is 0 Å². The van der Waals surface area contributed by atoms with Crippen molar-refractivity contribution in [3.05, 3.63) is 40.3 Å². The normalized spacial score (nSPS) is 26.1. The third-order valence-corrected chi connectivity index (χ3v) is 4.77. The Kier molecular flexibility index (Phi) is 9.09. The Morgan fingerprint density at radius 2 is 1.90 bits per heavy atom. The minimum Gasteiger partial charge on any atom is -0.497 e. The minimum absolute atomic E-state index is 0.170. The number of hydrogen-bond donors (Lipinski definition) is 1. The van der Waals surface area contributed by atoms with Crippen LogP contribution in [0.5, 0.6) is 5.75 Å². The average Bonchev–Trinajstić information content (AvgIpc) is 2.73. The molecule has 1 aliphatic rings. The molecular formula is C21H31N3O7. The van der Waals surface area contributed by atoms with Crippen molar-refractivity contribution in [3.63, 3.8) is 0 Å². The van der Waals surface area contributed by atoms with Gasteiger partial charge in [-0.1, -0.05) is 17.2 Å². The molecule has 1 aromatic carbocycles. The molecule has 1 fully saturated rings. The Bertz CT molecular complexity index is 759. The highest BCUT2D eigenvalue weighted by atomic mass is 16.7. The quantitative estimate of drug-likeness (QED) is 0.272. The predicted molar refractivity (Wildman–Crippen MR) is 111 cm³/mol. The molecule has 0 bridgehead atoms. The second-order valence-electron chi connectivity index (χ2n) is 8.15. The molecular weight excluding hydrogens is 406 g/mol. The van der Waals surface area contributed by atoms with Gasteiger partial charge in [0.05, 0.1) is 31.3 Å². The third-order valence-electron chi connectivity index (χ3n) is 4.77. The van der Waals surface area contributed by atoms with E-state index in [1.54, 1.807) is 46.9 Å². The smallest absolute Gasteiger partial charge is 0.311 e. The van der Waals surface area contributed by atoms with Crippen LogP contribution in [0.15, 0.2) is 29.4 Å². The summed E-state index contributed by atoms with van der Waals surface area (Å²) in [4.78, 5) is 15.1. The first-order valence-electron chi connectivity index (χ1n) is 10.1. The van der Waals surface area contributed by atoms with E-state index in [1.807, 2.05) is 12.1 Å². The van der Waals surface area contributed by atoms with Gasteiger partial charge in [-0.15, -0.1) is 0 Å². The van der Waals surface area contributed by atoms with Gasteiger partial charge in [0, 0.05) is 11.5 Å². The van der Waals surface area contributed by atoms with Crippen LogP contribution in [0.25, 0.3) is 10.4 Å². The van der Waals surface area contributed by atoms with Gasteiger partial charge in [0.15, 0.2) is 6.29 Å². The Morgan fingerprint density at radius 1 is 1.23 bits per heavy atom. The van der Waals surface area contributed by atoms with E-state index in [2.05, 4.69) is 10.0 Å². The first-order chi connectivity index (χ1) is 14.7. The lowest BCUT2D eigenvalue weighted by molar-refractivity contribution is -0.277. The van der Waals surface area contributed by atoms with E-state index < -0.39 is 42.0 Å². The molecule has 172 valence electrons. The number of rotatable bonds is 9. The van der Waals surface area contributed by atoms with Crippen molar-refractivity contribution in [2.24, 2.45) is 10.5 Å². The number of aliphatic hydroxyl groups excluding tert-OH is 1. The van der Waals surface area contributed by atoms with Crippen LogP contribution in [-0.2, 0) is 30.3 Å². The van der Waals surface area contributed by atoms with Crippen molar-refractivity contribution < 1.29 is 33.6 Å². The van der Waals surface area contributed by atoms with E-state index in [0.717, 1.165) is 5.56 Å². The highest BCUT2D eigenvalue weighted by Crippen LogP contribution is 2.29. The lowest BCUT2D eigenvalue weighted by atomic mass is 9.95. The molecule has 1 heterocycles. The fourth-order valence-corrected chi connectivity index (χ4v) is 3.10. The maximum atomic E-state index is 12.2. The number of esters is 1. The predicted octanol–water partition coefficient (Wildman–Crippen LogP) is 2.97. The summed E-state index contributed by atoms with van der Waals surface area (Å²) in [6, 6.07) is 6.40. The van der Waals surface area contributed by atoms with Crippen LogP contribution in [0.1, 0.15) is 33.3 Å². The second-order valence-corrected chi connectivity index (χ2v) is 8.15. The van der Waals surface area contributed by atoms with Crippen molar-refractivity contribution in [1.29, 1.82) is 0 Å². The van der Waals surface area contributed by atoms with Crippen molar-refractivity contribution >= 4 is 5.97 Å². The monoisotopic (exact) mass is 437 g/mol. The number of methoxy groups -OCH3 is 1. The van der Waals surface area contributed by atoms with Crippen molar-refractivity contribution in [3.8, 4) is 5.75 Å². The Balaban J connectivity index is 2.22. The Morgan fingerprint density at radius 3 is 2.45 bits per heavy atom. The van der Waals surface area contributed by atoms with E-state index in [1.165, 1.54) is 0 Å². The molecule has 0 aromatic heterocycles. The standard InChI is InChI=1S/C21H31N3O7/c1-6-28-18-16(23-24-22)17(29-11-13-7-9-14(27-5)10-8-13)15(31-19(18)25)12-30-20(26)21(2,3)4/h7-10,15-19,25H,6,11-12H2,1-5H3/t15-,16-,17-,18+,19+/m1/s1. The molecule has 0 radical (unpaired) electrons. The molecule has 0 spiro atoms. The molecule has 1 aromatic rings. The number of carbonyl (C=O) groups is 1. The largest absolute Gasteiger partial charge is 0.497 e. The fourth-order valence-electron chi connectivity index (χ4n) is 3.10. The van der Waals surface area contributed by atoms with Crippen LogP contribution in [0, 0.1) is 5.41 Å². The maximum Gasteiger partial charge on any atom is 0.311 e. The van der Waals surface area contributed by atoms with Crippen molar-refractivity contribution in [1.82, 2.24) is 0 Å². The summed E-state index contributed by atoms with van der Waals surface area (Å²) < 4.78 is 27.8. The second kappa shape index (κ2) is 11.3. The summed E-state index contributed by atoms with van der Waals surface area (Å²) in [5.74, 6) is 0.287. The SMILES string of the molecule is CCO[C@H]1[C@H](N=[N+]=[N-])[C@H](OCc2ccc(OC)cc2)[C@@H](COC(=O)C(C)(C)C)O[C@@H]1O. The molecule has 0 amide bonds. The molecule has 10 heteroatoms. The summed E-state index contributed by atoms with van der Waals surface area (Å²) in [5.41, 5.74) is 9.24. The number of ether oxygens (including phenoxy) is 5. The zero-order valence-corrected chi connectivity index (χ0v) is 18.6. The fraction of sp³-hybridized carbons (Fsp3) is 0.667. The lowest BCUT2D eigenvalue weighted by Gasteiger charge is -2.42. The van der Waals surface area contributed by atoms with Gasteiger partial charge in [0.2, 0.25) is 0 Å². The molecule has 1 aliphatic heterocycles. The summed E-state index contributed by atoms with van der Waals surface area (Å²) in [7, 11) is 1.58. The van der Waals surface area contributed by atoms with E-state index >= 15 is 0 Å². The first kappa shape index (κ1) is 24.9. The molecule has 0 aliphatic carbocycles. The molecule has 0 unspecified atom stereocenters. The zero-order chi connectivity index (χ0) is 23.0. The highest BCUT2D eigenvalue weighted by molar-refractivity contribution is 5.75. The molecule has 1 saturated heterocycles. The molecule has 0 saturated carbocycles. The number of carbonyl (C=O) groups excluding carboxylic acids is 1. The van der Waals surface area contributed by atoms with Gasteiger partial charge in [-0.2, -0.15) is 0 Å². The summed E-state index contributed by atoms with van der Waals surface area (Å²) in [5, 5.41) is 14.2. The van der Waals surface area contributed by atoms with E-state index in [0.29, 0.717) is 5.75 Å². The van der Waals surface area contributed by atoms with E-state index in [4.69, 9.17) is 29.2 Å². The van der Waals surface area contributed by atoms with Gasteiger partial charge in [-0.05, 0) is 50.9 Å². The maximum absolute atomic E-state index is 12.2. The first-order valence-corrected chi connectivity index (χ1v) is 10.1. The lowest BCUT2D eigenvalue weighted by Crippen LogP contribution is -2.59. The highest BCUT2D eigenvalue weighted by Gasteiger charge is 2.47.